The number of anilines is 1. The van der Waals surface area contributed by atoms with Gasteiger partial charge in [-0.3, -0.25) is 4.79 Å². The van der Waals surface area contributed by atoms with E-state index in [2.05, 4.69) is 34.5 Å². The third kappa shape index (κ3) is 2.82. The Morgan fingerprint density at radius 2 is 2.17 bits per heavy atom. The number of rotatable bonds is 3. The second kappa shape index (κ2) is 5.87. The van der Waals surface area contributed by atoms with E-state index in [4.69, 9.17) is 5.73 Å². The van der Waals surface area contributed by atoms with Gasteiger partial charge >= 0.3 is 0 Å². The predicted octanol–water partition coefficient (Wildman–Crippen LogP) is 1.11. The zero-order chi connectivity index (χ0) is 13.0. The predicted molar refractivity (Wildman–Crippen MR) is 73.3 cm³/mol. The standard InChI is InChI=1S/C14H21N3O/c1-16-14(18)12-3-2-8-17(10-12)13-6-4-11(9-15)5-7-13/h4-7,12H,2-3,8-10,15H2,1H3,(H,16,18)/t12-/m1/s1. The van der Waals surface area contributed by atoms with Crippen LogP contribution in [0, 0.1) is 5.92 Å². The minimum atomic E-state index is 0.109. The molecule has 0 radical (unpaired) electrons. The number of nitrogens with one attached hydrogen (secondary N) is 1. The Kier molecular flexibility index (Phi) is 4.20. The number of carbonyl (C=O) groups excluding carboxylic acids is 1. The summed E-state index contributed by atoms with van der Waals surface area (Å²) in [6.07, 6.45) is 2.05. The van der Waals surface area contributed by atoms with Crippen molar-refractivity contribution in [1.82, 2.24) is 5.32 Å². The second-order valence-corrected chi connectivity index (χ2v) is 4.77. The lowest BCUT2D eigenvalue weighted by Crippen LogP contribution is -2.42. The van der Waals surface area contributed by atoms with Crippen molar-refractivity contribution in [3.63, 3.8) is 0 Å². The van der Waals surface area contributed by atoms with E-state index in [1.165, 1.54) is 5.69 Å². The highest BCUT2D eigenvalue weighted by molar-refractivity contribution is 5.79. The van der Waals surface area contributed by atoms with E-state index in [1.807, 2.05) is 0 Å². The van der Waals surface area contributed by atoms with E-state index in [9.17, 15) is 4.79 Å². The van der Waals surface area contributed by atoms with Crippen LogP contribution in [-0.4, -0.2) is 26.0 Å². The molecule has 0 aromatic heterocycles. The topological polar surface area (TPSA) is 58.4 Å². The molecule has 1 heterocycles. The lowest BCUT2D eigenvalue weighted by atomic mass is 9.96. The molecule has 4 heteroatoms. The van der Waals surface area contributed by atoms with E-state index in [1.54, 1.807) is 7.05 Å². The zero-order valence-corrected chi connectivity index (χ0v) is 10.9. The van der Waals surface area contributed by atoms with Gasteiger partial charge in [0.25, 0.3) is 0 Å². The molecule has 0 bridgehead atoms. The summed E-state index contributed by atoms with van der Waals surface area (Å²) in [6.45, 7) is 2.40. The molecule has 1 atom stereocenters. The van der Waals surface area contributed by atoms with Gasteiger partial charge in [0.1, 0.15) is 0 Å². The highest BCUT2D eigenvalue weighted by Crippen LogP contribution is 2.23. The molecule has 1 saturated heterocycles. The molecular formula is C14H21N3O. The molecule has 18 heavy (non-hydrogen) atoms. The van der Waals surface area contributed by atoms with Crippen LogP contribution in [0.2, 0.25) is 0 Å². The van der Waals surface area contributed by atoms with Gasteiger partial charge in [0.2, 0.25) is 5.91 Å². The molecule has 0 spiro atoms. The van der Waals surface area contributed by atoms with Gasteiger partial charge in [0, 0.05) is 32.4 Å². The molecule has 1 aliphatic rings. The molecule has 1 aromatic rings. The molecule has 1 fully saturated rings. The lowest BCUT2D eigenvalue weighted by Gasteiger charge is -2.33. The van der Waals surface area contributed by atoms with Crippen molar-refractivity contribution < 1.29 is 4.79 Å². The van der Waals surface area contributed by atoms with Gasteiger partial charge < -0.3 is 16.0 Å². The molecule has 0 aliphatic carbocycles. The van der Waals surface area contributed by atoms with Crippen molar-refractivity contribution in [2.24, 2.45) is 11.7 Å². The van der Waals surface area contributed by atoms with Crippen molar-refractivity contribution in [2.45, 2.75) is 19.4 Å². The fourth-order valence-corrected chi connectivity index (χ4v) is 2.47. The monoisotopic (exact) mass is 247 g/mol. The normalized spacial score (nSPS) is 19.7. The number of benzene rings is 1. The van der Waals surface area contributed by atoms with Crippen LogP contribution in [-0.2, 0) is 11.3 Å². The smallest absolute Gasteiger partial charge is 0.224 e. The Labute approximate surface area is 108 Å². The van der Waals surface area contributed by atoms with Crippen molar-refractivity contribution >= 4 is 11.6 Å². The van der Waals surface area contributed by atoms with Gasteiger partial charge in [-0.05, 0) is 30.5 Å². The SMILES string of the molecule is CNC(=O)[C@@H]1CCCN(c2ccc(CN)cc2)C1. The third-order valence-electron chi connectivity index (χ3n) is 3.58. The van der Waals surface area contributed by atoms with Crippen LogP contribution < -0.4 is 16.0 Å². The zero-order valence-electron chi connectivity index (χ0n) is 10.9. The van der Waals surface area contributed by atoms with E-state index in [0.29, 0.717) is 6.54 Å². The quantitative estimate of drug-likeness (QED) is 0.841. The van der Waals surface area contributed by atoms with Crippen LogP contribution in [0.3, 0.4) is 0 Å². The summed E-state index contributed by atoms with van der Waals surface area (Å²) < 4.78 is 0. The minimum Gasteiger partial charge on any atom is -0.371 e. The maximum absolute atomic E-state index is 11.7. The summed E-state index contributed by atoms with van der Waals surface area (Å²) in [5.41, 5.74) is 7.91. The molecule has 98 valence electrons. The maximum Gasteiger partial charge on any atom is 0.224 e. The number of nitrogens with zero attached hydrogens (tertiary/aromatic N) is 1. The Balaban J connectivity index is 2.05. The Morgan fingerprint density at radius 3 is 2.78 bits per heavy atom. The molecular weight excluding hydrogens is 226 g/mol. The number of nitrogens with two attached hydrogens (primary N) is 1. The summed E-state index contributed by atoms with van der Waals surface area (Å²) >= 11 is 0. The van der Waals surface area contributed by atoms with Crippen molar-refractivity contribution in [3.8, 4) is 0 Å². The molecule has 0 unspecified atom stereocenters. The Morgan fingerprint density at radius 1 is 1.44 bits per heavy atom. The molecule has 0 saturated carbocycles. The molecule has 1 amide bonds. The van der Waals surface area contributed by atoms with Gasteiger partial charge in [0.05, 0.1) is 5.92 Å². The molecule has 1 aliphatic heterocycles. The highest BCUT2D eigenvalue weighted by atomic mass is 16.1. The molecule has 2 rings (SSSR count). The van der Waals surface area contributed by atoms with Crippen LogP contribution >= 0.6 is 0 Å². The first-order valence-corrected chi connectivity index (χ1v) is 6.50. The first kappa shape index (κ1) is 12.9. The van der Waals surface area contributed by atoms with Gasteiger partial charge in [0.15, 0.2) is 0 Å². The van der Waals surface area contributed by atoms with Crippen molar-refractivity contribution in [3.05, 3.63) is 29.8 Å². The fraction of sp³-hybridized carbons (Fsp3) is 0.500. The van der Waals surface area contributed by atoms with Crippen LogP contribution in [0.5, 0.6) is 0 Å². The summed E-state index contributed by atoms with van der Waals surface area (Å²) in [5.74, 6) is 0.260. The first-order chi connectivity index (χ1) is 8.74. The van der Waals surface area contributed by atoms with E-state index in [-0.39, 0.29) is 11.8 Å². The van der Waals surface area contributed by atoms with Crippen molar-refractivity contribution in [2.75, 3.05) is 25.0 Å². The van der Waals surface area contributed by atoms with Crippen molar-refractivity contribution in [1.29, 1.82) is 0 Å². The summed E-state index contributed by atoms with van der Waals surface area (Å²) in [7, 11) is 1.71. The first-order valence-electron chi connectivity index (χ1n) is 6.50. The summed E-state index contributed by atoms with van der Waals surface area (Å²) in [5, 5.41) is 2.74. The van der Waals surface area contributed by atoms with Crippen LogP contribution in [0.15, 0.2) is 24.3 Å². The number of carbonyl (C=O) groups is 1. The third-order valence-corrected chi connectivity index (χ3v) is 3.58. The second-order valence-electron chi connectivity index (χ2n) is 4.77. The number of piperidine rings is 1. The summed E-state index contributed by atoms with van der Waals surface area (Å²) in [6, 6.07) is 8.29. The average molecular weight is 247 g/mol. The largest absolute Gasteiger partial charge is 0.371 e. The lowest BCUT2D eigenvalue weighted by molar-refractivity contribution is -0.124. The van der Waals surface area contributed by atoms with E-state index >= 15 is 0 Å². The van der Waals surface area contributed by atoms with Gasteiger partial charge in [-0.25, -0.2) is 0 Å². The Bertz CT molecular complexity index is 402. The number of hydrogen-bond donors (Lipinski definition) is 2. The van der Waals surface area contributed by atoms with Gasteiger partial charge in [-0.15, -0.1) is 0 Å². The number of amides is 1. The molecule has 1 aromatic carbocycles. The Hall–Kier alpha value is -1.55. The average Bonchev–Trinajstić information content (AvgIpc) is 2.46. The van der Waals surface area contributed by atoms with E-state index in [0.717, 1.165) is 31.5 Å². The van der Waals surface area contributed by atoms with Crippen LogP contribution in [0.25, 0.3) is 0 Å². The summed E-state index contributed by atoms with van der Waals surface area (Å²) in [4.78, 5) is 14.0. The fourth-order valence-electron chi connectivity index (χ4n) is 2.47. The van der Waals surface area contributed by atoms with E-state index < -0.39 is 0 Å². The minimum absolute atomic E-state index is 0.109. The van der Waals surface area contributed by atoms with Gasteiger partial charge in [-0.1, -0.05) is 12.1 Å². The van der Waals surface area contributed by atoms with Crippen LogP contribution in [0.4, 0.5) is 5.69 Å². The molecule has 4 nitrogen and oxygen atoms in total. The van der Waals surface area contributed by atoms with Gasteiger partial charge in [-0.2, -0.15) is 0 Å². The highest BCUT2D eigenvalue weighted by Gasteiger charge is 2.24. The van der Waals surface area contributed by atoms with Crippen LogP contribution in [0.1, 0.15) is 18.4 Å². The maximum atomic E-state index is 11.7. The number of hydrogen-bond acceptors (Lipinski definition) is 3. The molecule has 3 N–H and O–H groups in total.